The van der Waals surface area contributed by atoms with Gasteiger partial charge in [0.1, 0.15) is 6.04 Å². The molecular formula is C21H23Cl2NO4. The van der Waals surface area contributed by atoms with E-state index in [2.05, 4.69) is 0 Å². The molecule has 2 N–H and O–H groups in total. The lowest BCUT2D eigenvalue weighted by molar-refractivity contribution is -0.143. The van der Waals surface area contributed by atoms with Crippen LogP contribution in [-0.2, 0) is 11.2 Å². The van der Waals surface area contributed by atoms with Gasteiger partial charge in [-0.1, -0.05) is 55.2 Å². The average Bonchev–Trinajstić information content (AvgIpc) is 2.61. The van der Waals surface area contributed by atoms with Gasteiger partial charge in [-0.25, -0.2) is 9.59 Å². The van der Waals surface area contributed by atoms with Crippen molar-refractivity contribution in [2.45, 2.75) is 32.7 Å². The second-order valence-electron chi connectivity index (χ2n) is 7.02. The molecule has 0 aliphatic heterocycles. The van der Waals surface area contributed by atoms with Gasteiger partial charge in [-0.05, 0) is 59.7 Å². The quantitative estimate of drug-likeness (QED) is 0.571. The van der Waals surface area contributed by atoms with E-state index in [1.54, 1.807) is 18.2 Å². The normalized spacial score (nSPS) is 12.0. The van der Waals surface area contributed by atoms with Crippen LogP contribution in [0, 0.1) is 5.92 Å². The third kappa shape index (κ3) is 5.88. The smallest absolute Gasteiger partial charge is 0.408 e. The first-order chi connectivity index (χ1) is 13.2. The topological polar surface area (TPSA) is 77.8 Å². The van der Waals surface area contributed by atoms with Gasteiger partial charge in [0.2, 0.25) is 0 Å². The molecule has 7 heteroatoms. The summed E-state index contributed by atoms with van der Waals surface area (Å²) in [5.74, 6) is -1.08. The van der Waals surface area contributed by atoms with Crippen LogP contribution in [0.2, 0.25) is 10.0 Å². The van der Waals surface area contributed by atoms with Gasteiger partial charge >= 0.3 is 12.1 Å². The lowest BCUT2D eigenvalue weighted by Crippen LogP contribution is -2.46. The molecule has 1 unspecified atom stereocenters. The zero-order valence-corrected chi connectivity index (χ0v) is 17.2. The van der Waals surface area contributed by atoms with E-state index in [0.29, 0.717) is 16.5 Å². The van der Waals surface area contributed by atoms with Crippen LogP contribution in [0.4, 0.5) is 4.79 Å². The van der Waals surface area contributed by atoms with Crippen LogP contribution in [0.15, 0.2) is 42.5 Å². The molecule has 0 fully saturated rings. The van der Waals surface area contributed by atoms with E-state index in [0.717, 1.165) is 21.6 Å². The standard InChI is InChI=1S/C21H23Cl2NO4/c1-13(2)10-19(20(25)26)24(21(27)28)9-8-14-6-7-17(23)12-18(14)15-4-3-5-16(22)11-15/h3-7,11-13,19H,8-10H2,1-2H3,(H,25,26)(H,27,28). The summed E-state index contributed by atoms with van der Waals surface area (Å²) >= 11 is 12.3. The fourth-order valence-corrected chi connectivity index (χ4v) is 3.49. The second-order valence-corrected chi connectivity index (χ2v) is 7.89. The molecule has 0 spiro atoms. The largest absolute Gasteiger partial charge is 0.480 e. The fraction of sp³-hybridized carbons (Fsp3) is 0.333. The van der Waals surface area contributed by atoms with Crippen LogP contribution in [0.1, 0.15) is 25.8 Å². The molecule has 0 aliphatic carbocycles. The van der Waals surface area contributed by atoms with Crippen molar-refractivity contribution in [2.24, 2.45) is 5.92 Å². The number of carboxylic acid groups (broad SMARTS) is 2. The van der Waals surface area contributed by atoms with Crippen molar-refractivity contribution in [3.8, 4) is 11.1 Å². The molecule has 2 rings (SSSR count). The maximum Gasteiger partial charge on any atom is 0.408 e. The molecule has 0 saturated heterocycles. The first kappa shape index (κ1) is 22.1. The van der Waals surface area contributed by atoms with Crippen LogP contribution in [0.25, 0.3) is 11.1 Å². The van der Waals surface area contributed by atoms with E-state index < -0.39 is 18.1 Å². The molecule has 150 valence electrons. The maximum absolute atomic E-state index is 11.7. The Morgan fingerprint density at radius 1 is 1.04 bits per heavy atom. The van der Waals surface area contributed by atoms with E-state index in [1.807, 2.05) is 38.1 Å². The summed E-state index contributed by atoms with van der Waals surface area (Å²) in [6.45, 7) is 3.80. The highest BCUT2D eigenvalue weighted by atomic mass is 35.5. The van der Waals surface area contributed by atoms with Crippen molar-refractivity contribution in [3.05, 3.63) is 58.1 Å². The Hall–Kier alpha value is -2.24. The Kier molecular flexibility index (Phi) is 7.72. The Balaban J connectivity index is 2.31. The lowest BCUT2D eigenvalue weighted by Gasteiger charge is -2.28. The number of rotatable bonds is 8. The molecule has 2 aromatic rings. The number of benzene rings is 2. The summed E-state index contributed by atoms with van der Waals surface area (Å²) in [4.78, 5) is 24.4. The van der Waals surface area contributed by atoms with Gasteiger partial charge in [-0.2, -0.15) is 0 Å². The van der Waals surface area contributed by atoms with Gasteiger partial charge in [0, 0.05) is 16.6 Å². The van der Waals surface area contributed by atoms with Gasteiger partial charge in [0.15, 0.2) is 0 Å². The third-order valence-electron chi connectivity index (χ3n) is 4.43. The molecule has 0 heterocycles. The average molecular weight is 424 g/mol. The minimum absolute atomic E-state index is 0.0560. The van der Waals surface area contributed by atoms with Gasteiger partial charge < -0.3 is 10.2 Å². The van der Waals surface area contributed by atoms with E-state index in [4.69, 9.17) is 23.2 Å². The number of halogens is 2. The maximum atomic E-state index is 11.7. The van der Waals surface area contributed by atoms with Crippen LogP contribution < -0.4 is 0 Å². The fourth-order valence-electron chi connectivity index (χ4n) is 3.13. The predicted octanol–water partition coefficient (Wildman–Crippen LogP) is 5.68. The zero-order valence-electron chi connectivity index (χ0n) is 15.7. The van der Waals surface area contributed by atoms with Crippen LogP contribution in [0.3, 0.4) is 0 Å². The number of carbonyl (C=O) groups is 2. The number of amides is 1. The highest BCUT2D eigenvalue weighted by molar-refractivity contribution is 6.31. The summed E-state index contributed by atoms with van der Waals surface area (Å²) in [5, 5.41) is 20.2. The molecule has 0 radical (unpaired) electrons. The molecule has 0 aliphatic rings. The van der Waals surface area contributed by atoms with E-state index in [-0.39, 0.29) is 18.9 Å². The van der Waals surface area contributed by atoms with Crippen molar-refractivity contribution in [3.63, 3.8) is 0 Å². The van der Waals surface area contributed by atoms with E-state index in [1.165, 1.54) is 0 Å². The van der Waals surface area contributed by atoms with Crippen LogP contribution in [0.5, 0.6) is 0 Å². The monoisotopic (exact) mass is 423 g/mol. The second kappa shape index (κ2) is 9.80. The molecule has 2 aromatic carbocycles. The molecule has 1 atom stereocenters. The lowest BCUT2D eigenvalue weighted by atomic mass is 9.97. The van der Waals surface area contributed by atoms with Crippen molar-refractivity contribution < 1.29 is 19.8 Å². The van der Waals surface area contributed by atoms with Gasteiger partial charge in [0.05, 0.1) is 0 Å². The van der Waals surface area contributed by atoms with Crippen molar-refractivity contribution >= 4 is 35.3 Å². The number of aliphatic carboxylic acids is 1. The Morgan fingerprint density at radius 2 is 1.71 bits per heavy atom. The molecule has 0 aromatic heterocycles. The summed E-state index contributed by atoms with van der Waals surface area (Å²) in [5.41, 5.74) is 2.58. The molecule has 0 saturated carbocycles. The molecule has 28 heavy (non-hydrogen) atoms. The van der Waals surface area contributed by atoms with E-state index in [9.17, 15) is 19.8 Å². The summed E-state index contributed by atoms with van der Waals surface area (Å²) in [6, 6.07) is 11.6. The highest BCUT2D eigenvalue weighted by Crippen LogP contribution is 2.29. The first-order valence-corrected chi connectivity index (χ1v) is 9.71. The van der Waals surface area contributed by atoms with Crippen molar-refractivity contribution in [1.82, 2.24) is 4.90 Å². The Labute approximate surface area is 174 Å². The number of hydrogen-bond donors (Lipinski definition) is 2. The zero-order chi connectivity index (χ0) is 20.8. The van der Waals surface area contributed by atoms with Gasteiger partial charge in [-0.3, -0.25) is 4.90 Å². The van der Waals surface area contributed by atoms with Crippen molar-refractivity contribution in [2.75, 3.05) is 6.54 Å². The number of carboxylic acids is 1. The Morgan fingerprint density at radius 3 is 2.29 bits per heavy atom. The Bertz CT molecular complexity index is 854. The number of hydrogen-bond acceptors (Lipinski definition) is 2. The predicted molar refractivity (Wildman–Crippen MR) is 111 cm³/mol. The highest BCUT2D eigenvalue weighted by Gasteiger charge is 2.30. The molecular weight excluding hydrogens is 401 g/mol. The molecule has 0 bridgehead atoms. The summed E-state index contributed by atoms with van der Waals surface area (Å²) < 4.78 is 0. The summed E-state index contributed by atoms with van der Waals surface area (Å²) in [6.07, 6.45) is -0.636. The molecule has 5 nitrogen and oxygen atoms in total. The van der Waals surface area contributed by atoms with E-state index >= 15 is 0 Å². The third-order valence-corrected chi connectivity index (χ3v) is 4.90. The van der Waals surface area contributed by atoms with Crippen molar-refractivity contribution in [1.29, 1.82) is 0 Å². The minimum atomic E-state index is -1.24. The first-order valence-electron chi connectivity index (χ1n) is 8.95. The minimum Gasteiger partial charge on any atom is -0.480 e. The van der Waals surface area contributed by atoms with Gasteiger partial charge in [0.25, 0.3) is 0 Å². The number of nitrogens with zero attached hydrogens (tertiary/aromatic N) is 1. The van der Waals surface area contributed by atoms with Gasteiger partial charge in [-0.15, -0.1) is 0 Å². The summed E-state index contributed by atoms with van der Waals surface area (Å²) in [7, 11) is 0. The molecule has 1 amide bonds. The SMILES string of the molecule is CC(C)CC(C(=O)O)N(CCc1ccc(Cl)cc1-c1cccc(Cl)c1)C(=O)O. The van der Waals surface area contributed by atoms with Crippen LogP contribution >= 0.6 is 23.2 Å². The van der Waals surface area contributed by atoms with Crippen LogP contribution in [-0.4, -0.2) is 39.8 Å².